The van der Waals surface area contributed by atoms with E-state index in [2.05, 4.69) is 0 Å². The summed E-state index contributed by atoms with van der Waals surface area (Å²) in [4.78, 5) is 22.1. The topological polar surface area (TPSA) is 80.4 Å². The van der Waals surface area contributed by atoms with E-state index in [9.17, 15) is 9.59 Å². The second-order valence-electron chi connectivity index (χ2n) is 3.79. The van der Waals surface area contributed by atoms with Crippen molar-refractivity contribution in [3.63, 3.8) is 0 Å². The van der Waals surface area contributed by atoms with Crippen molar-refractivity contribution in [1.82, 2.24) is 0 Å². The zero-order valence-corrected chi connectivity index (χ0v) is 9.46. The number of carboxylic acids is 1. The van der Waals surface area contributed by atoms with Crippen LogP contribution < -0.4 is 5.73 Å². The predicted molar refractivity (Wildman–Crippen MR) is 68.8 cm³/mol. The van der Waals surface area contributed by atoms with E-state index in [-0.39, 0.29) is 5.57 Å². The maximum absolute atomic E-state index is 11.4. The molecule has 0 atom stereocenters. The number of amides is 1. The van der Waals surface area contributed by atoms with Crippen LogP contribution in [0.3, 0.4) is 0 Å². The fourth-order valence-electron chi connectivity index (χ4n) is 1.87. The lowest BCUT2D eigenvalue weighted by Crippen LogP contribution is -2.14. The number of rotatable bonds is 3. The third-order valence-corrected chi connectivity index (χ3v) is 2.61. The van der Waals surface area contributed by atoms with Crippen LogP contribution in [0.15, 0.2) is 48.5 Å². The Bertz CT molecular complexity index is 654. The molecule has 0 saturated heterocycles. The lowest BCUT2D eigenvalue weighted by molar-refractivity contribution is -0.131. The summed E-state index contributed by atoms with van der Waals surface area (Å²) in [6, 6.07) is 12.7. The first kappa shape index (κ1) is 11.9. The molecule has 2 rings (SSSR count). The van der Waals surface area contributed by atoms with Gasteiger partial charge in [-0.25, -0.2) is 4.79 Å². The number of primary amides is 1. The lowest BCUT2D eigenvalue weighted by Gasteiger charge is -2.07. The number of carbonyl (C=O) groups excluding carboxylic acids is 1. The summed E-state index contributed by atoms with van der Waals surface area (Å²) in [5, 5.41) is 10.5. The van der Waals surface area contributed by atoms with Crippen LogP contribution in [-0.2, 0) is 9.59 Å². The molecule has 90 valence electrons. The van der Waals surface area contributed by atoms with Gasteiger partial charge in [0.2, 0.25) is 5.91 Å². The van der Waals surface area contributed by atoms with Crippen LogP contribution in [0.5, 0.6) is 0 Å². The molecule has 4 nitrogen and oxygen atoms in total. The van der Waals surface area contributed by atoms with Gasteiger partial charge in [0.15, 0.2) is 0 Å². The number of nitrogens with two attached hydrogens (primary N) is 1. The summed E-state index contributed by atoms with van der Waals surface area (Å²) in [5.41, 5.74) is 5.77. The van der Waals surface area contributed by atoms with Gasteiger partial charge in [-0.1, -0.05) is 42.5 Å². The Morgan fingerprint density at radius 1 is 1.06 bits per heavy atom. The van der Waals surface area contributed by atoms with Gasteiger partial charge >= 0.3 is 5.97 Å². The highest BCUT2D eigenvalue weighted by atomic mass is 16.4. The first-order valence-electron chi connectivity index (χ1n) is 5.32. The quantitative estimate of drug-likeness (QED) is 0.804. The Labute approximate surface area is 103 Å². The maximum atomic E-state index is 11.4. The van der Waals surface area contributed by atoms with Crippen molar-refractivity contribution in [2.45, 2.75) is 0 Å². The van der Waals surface area contributed by atoms with E-state index in [1.165, 1.54) is 0 Å². The van der Waals surface area contributed by atoms with Gasteiger partial charge in [0.1, 0.15) is 0 Å². The van der Waals surface area contributed by atoms with E-state index in [0.29, 0.717) is 5.56 Å². The molecule has 1 amide bonds. The van der Waals surface area contributed by atoms with Crippen molar-refractivity contribution >= 4 is 28.2 Å². The fourth-order valence-corrected chi connectivity index (χ4v) is 1.87. The van der Waals surface area contributed by atoms with E-state index in [1.54, 1.807) is 12.1 Å². The van der Waals surface area contributed by atoms with Gasteiger partial charge in [-0.05, 0) is 16.3 Å². The number of fused-ring (bicyclic) bond motifs is 1. The molecule has 18 heavy (non-hydrogen) atoms. The molecule has 0 heterocycles. The zero-order valence-electron chi connectivity index (χ0n) is 9.46. The standard InChI is InChI=1S/C14H11NO3/c15-14(18)12(8-13(16)17)11-7-3-5-9-4-1-2-6-10(9)11/h1-8H,(H2,15,18)(H,16,17)/b12-8-. The fraction of sp³-hybridized carbons (Fsp3) is 0. The molecule has 2 aromatic carbocycles. The molecule has 0 aliphatic carbocycles. The third-order valence-electron chi connectivity index (χ3n) is 2.61. The molecule has 4 heteroatoms. The van der Waals surface area contributed by atoms with Crippen molar-refractivity contribution in [2.75, 3.05) is 0 Å². The van der Waals surface area contributed by atoms with Crippen molar-refractivity contribution in [1.29, 1.82) is 0 Å². The van der Waals surface area contributed by atoms with E-state index in [4.69, 9.17) is 10.8 Å². The minimum atomic E-state index is -1.20. The highest BCUT2D eigenvalue weighted by molar-refractivity contribution is 6.25. The molecule has 0 fully saturated rings. The van der Waals surface area contributed by atoms with E-state index < -0.39 is 11.9 Å². The van der Waals surface area contributed by atoms with Crippen LogP contribution in [0.1, 0.15) is 5.56 Å². The maximum Gasteiger partial charge on any atom is 0.329 e. The number of carbonyl (C=O) groups is 2. The third kappa shape index (κ3) is 2.22. The van der Waals surface area contributed by atoms with Gasteiger partial charge in [0, 0.05) is 6.08 Å². The van der Waals surface area contributed by atoms with Crippen LogP contribution in [0.4, 0.5) is 0 Å². The van der Waals surface area contributed by atoms with Crippen LogP contribution in [0.2, 0.25) is 0 Å². The molecule has 0 bridgehead atoms. The lowest BCUT2D eigenvalue weighted by atomic mass is 9.97. The van der Waals surface area contributed by atoms with Crippen molar-refractivity contribution in [3.05, 3.63) is 54.1 Å². The summed E-state index contributed by atoms with van der Waals surface area (Å²) < 4.78 is 0. The second kappa shape index (κ2) is 4.71. The van der Waals surface area contributed by atoms with Crippen LogP contribution in [-0.4, -0.2) is 17.0 Å². The monoisotopic (exact) mass is 241 g/mol. The Hall–Kier alpha value is -2.62. The Balaban J connectivity index is 2.73. The second-order valence-corrected chi connectivity index (χ2v) is 3.79. The van der Waals surface area contributed by atoms with E-state index in [0.717, 1.165) is 16.8 Å². The number of hydrogen-bond acceptors (Lipinski definition) is 2. The van der Waals surface area contributed by atoms with Gasteiger partial charge < -0.3 is 10.8 Å². The number of aliphatic carboxylic acids is 1. The molecule has 0 spiro atoms. The predicted octanol–water partition coefficient (Wildman–Crippen LogP) is 1.79. The minimum absolute atomic E-state index is 0.000648. The average molecular weight is 241 g/mol. The van der Waals surface area contributed by atoms with Gasteiger partial charge in [-0.2, -0.15) is 0 Å². The van der Waals surface area contributed by atoms with Crippen molar-refractivity contribution in [3.8, 4) is 0 Å². The van der Waals surface area contributed by atoms with Crippen molar-refractivity contribution in [2.24, 2.45) is 5.73 Å². The summed E-state index contributed by atoms with van der Waals surface area (Å²) >= 11 is 0. The number of benzene rings is 2. The Kier molecular flexibility index (Phi) is 3.10. The Morgan fingerprint density at radius 3 is 2.39 bits per heavy atom. The molecule has 0 aromatic heterocycles. The first-order chi connectivity index (χ1) is 8.59. The highest BCUT2D eigenvalue weighted by Gasteiger charge is 2.12. The van der Waals surface area contributed by atoms with Crippen LogP contribution >= 0.6 is 0 Å². The molecular formula is C14H11NO3. The molecule has 0 aliphatic rings. The van der Waals surface area contributed by atoms with Gasteiger partial charge in [-0.15, -0.1) is 0 Å². The normalized spacial score (nSPS) is 11.4. The molecular weight excluding hydrogens is 230 g/mol. The molecule has 0 unspecified atom stereocenters. The number of carboxylic acid groups (broad SMARTS) is 1. The van der Waals surface area contributed by atoms with Gasteiger partial charge in [0.25, 0.3) is 0 Å². The molecule has 0 aliphatic heterocycles. The molecule has 0 saturated carbocycles. The van der Waals surface area contributed by atoms with Crippen LogP contribution in [0, 0.1) is 0 Å². The van der Waals surface area contributed by atoms with Gasteiger partial charge in [0.05, 0.1) is 5.57 Å². The summed E-state index contributed by atoms with van der Waals surface area (Å²) in [6.45, 7) is 0. The summed E-state index contributed by atoms with van der Waals surface area (Å²) in [7, 11) is 0. The Morgan fingerprint density at radius 2 is 1.72 bits per heavy atom. The smallest absolute Gasteiger partial charge is 0.329 e. The average Bonchev–Trinajstić information content (AvgIpc) is 2.35. The molecule has 2 aromatic rings. The summed E-state index contributed by atoms with van der Waals surface area (Å²) in [5.74, 6) is -1.95. The van der Waals surface area contributed by atoms with Gasteiger partial charge in [-0.3, -0.25) is 4.79 Å². The zero-order chi connectivity index (χ0) is 13.1. The largest absolute Gasteiger partial charge is 0.478 e. The van der Waals surface area contributed by atoms with Crippen molar-refractivity contribution < 1.29 is 14.7 Å². The minimum Gasteiger partial charge on any atom is -0.478 e. The highest BCUT2D eigenvalue weighted by Crippen LogP contribution is 2.24. The molecule has 0 radical (unpaired) electrons. The van der Waals surface area contributed by atoms with E-state index in [1.807, 2.05) is 30.3 Å². The SMILES string of the molecule is NC(=O)/C(=C\C(=O)O)c1cccc2ccccc12. The number of hydrogen-bond donors (Lipinski definition) is 2. The van der Waals surface area contributed by atoms with E-state index >= 15 is 0 Å². The molecule has 3 N–H and O–H groups in total. The summed E-state index contributed by atoms with van der Waals surface area (Å²) in [6.07, 6.45) is 0.837. The van der Waals surface area contributed by atoms with Crippen LogP contribution in [0.25, 0.3) is 16.3 Å². The first-order valence-corrected chi connectivity index (χ1v) is 5.32.